The lowest BCUT2D eigenvalue weighted by Gasteiger charge is -2.03. The van der Waals surface area contributed by atoms with Crippen molar-refractivity contribution in [2.75, 3.05) is 5.43 Å². The van der Waals surface area contributed by atoms with Crippen LogP contribution in [0.2, 0.25) is 0 Å². The molecule has 0 saturated carbocycles. The molecule has 2 rings (SSSR count). The minimum absolute atomic E-state index is 0.00213. The summed E-state index contributed by atoms with van der Waals surface area (Å²) >= 11 is 0. The number of nitrogens with two attached hydrogens (primary N) is 1. The molecule has 0 amide bonds. The van der Waals surface area contributed by atoms with Gasteiger partial charge in [-0.3, -0.25) is 10.6 Å². The number of nitrogens with one attached hydrogen (secondary N) is 1. The van der Waals surface area contributed by atoms with E-state index in [1.165, 1.54) is 0 Å². The highest BCUT2D eigenvalue weighted by atomic mass is 16.1. The van der Waals surface area contributed by atoms with Crippen molar-refractivity contribution in [3.8, 4) is 0 Å². The highest BCUT2D eigenvalue weighted by molar-refractivity contribution is 6.09. The van der Waals surface area contributed by atoms with Crippen LogP contribution in [0, 0.1) is 0 Å². The highest BCUT2D eigenvalue weighted by Crippen LogP contribution is 2.13. The second-order valence-corrected chi connectivity index (χ2v) is 3.42. The van der Waals surface area contributed by atoms with Crippen LogP contribution in [0.25, 0.3) is 0 Å². The molecule has 0 bridgehead atoms. The monoisotopic (exact) mass is 212 g/mol. The predicted octanol–water partition coefficient (Wildman–Crippen LogP) is 2.20. The van der Waals surface area contributed by atoms with Crippen LogP contribution in [0.5, 0.6) is 0 Å². The number of carbonyl (C=O) groups excluding carboxylic acids is 1. The van der Waals surface area contributed by atoms with Gasteiger partial charge >= 0.3 is 0 Å². The van der Waals surface area contributed by atoms with Gasteiger partial charge < -0.3 is 5.43 Å². The number of carbonyl (C=O) groups is 1. The van der Waals surface area contributed by atoms with E-state index in [1.54, 1.807) is 30.3 Å². The van der Waals surface area contributed by atoms with E-state index >= 15 is 0 Å². The smallest absolute Gasteiger partial charge is 0.193 e. The Hall–Kier alpha value is -2.13. The van der Waals surface area contributed by atoms with Crippen molar-refractivity contribution in [1.82, 2.24) is 0 Å². The summed E-state index contributed by atoms with van der Waals surface area (Å²) in [5.41, 5.74) is 4.55. The number of ketones is 1. The number of rotatable bonds is 3. The molecule has 3 nitrogen and oxygen atoms in total. The SMILES string of the molecule is NNc1cccc(C(=O)c2ccccc2)c1. The standard InChI is InChI=1S/C13H12N2O/c14-15-12-8-4-7-11(9-12)13(16)10-5-2-1-3-6-10/h1-9,15H,14H2. The summed E-state index contributed by atoms with van der Waals surface area (Å²) in [4.78, 5) is 12.0. The summed E-state index contributed by atoms with van der Waals surface area (Å²) in [6.45, 7) is 0. The maximum Gasteiger partial charge on any atom is 0.193 e. The van der Waals surface area contributed by atoms with Crippen LogP contribution in [-0.2, 0) is 0 Å². The van der Waals surface area contributed by atoms with Crippen molar-refractivity contribution in [2.24, 2.45) is 5.84 Å². The van der Waals surface area contributed by atoms with Gasteiger partial charge in [0.05, 0.1) is 0 Å². The van der Waals surface area contributed by atoms with Gasteiger partial charge in [-0.2, -0.15) is 0 Å². The second kappa shape index (κ2) is 4.59. The first-order valence-electron chi connectivity index (χ1n) is 4.97. The quantitative estimate of drug-likeness (QED) is 0.466. The highest BCUT2D eigenvalue weighted by Gasteiger charge is 2.08. The van der Waals surface area contributed by atoms with Crippen molar-refractivity contribution in [3.05, 3.63) is 65.7 Å². The van der Waals surface area contributed by atoms with Gasteiger partial charge in [0.15, 0.2) is 5.78 Å². The molecule has 0 spiro atoms. The van der Waals surface area contributed by atoms with Crippen molar-refractivity contribution in [1.29, 1.82) is 0 Å². The summed E-state index contributed by atoms with van der Waals surface area (Å²) in [6.07, 6.45) is 0. The van der Waals surface area contributed by atoms with Crippen LogP contribution in [0.3, 0.4) is 0 Å². The van der Waals surface area contributed by atoms with E-state index in [2.05, 4.69) is 5.43 Å². The van der Waals surface area contributed by atoms with Gasteiger partial charge in [0, 0.05) is 16.8 Å². The van der Waals surface area contributed by atoms with Gasteiger partial charge in [0.2, 0.25) is 0 Å². The minimum Gasteiger partial charge on any atom is -0.324 e. The van der Waals surface area contributed by atoms with E-state index < -0.39 is 0 Å². The molecule has 80 valence electrons. The third kappa shape index (κ3) is 2.10. The van der Waals surface area contributed by atoms with Crippen molar-refractivity contribution in [3.63, 3.8) is 0 Å². The average Bonchev–Trinajstić information content (AvgIpc) is 2.39. The first-order valence-corrected chi connectivity index (χ1v) is 4.97. The Kier molecular flexibility index (Phi) is 2.98. The van der Waals surface area contributed by atoms with Gasteiger partial charge in [0.1, 0.15) is 0 Å². The molecule has 0 aliphatic rings. The van der Waals surface area contributed by atoms with Gasteiger partial charge in [-0.25, -0.2) is 0 Å². The molecule has 3 N–H and O–H groups in total. The largest absolute Gasteiger partial charge is 0.324 e. The third-order valence-corrected chi connectivity index (χ3v) is 2.33. The molecule has 0 fully saturated rings. The van der Waals surface area contributed by atoms with Crippen LogP contribution in [-0.4, -0.2) is 5.78 Å². The van der Waals surface area contributed by atoms with E-state index in [9.17, 15) is 4.79 Å². The van der Waals surface area contributed by atoms with E-state index in [4.69, 9.17) is 5.84 Å². The summed E-state index contributed by atoms with van der Waals surface area (Å²) in [7, 11) is 0. The molecule has 0 saturated heterocycles. The van der Waals surface area contributed by atoms with Crippen LogP contribution in [0.4, 0.5) is 5.69 Å². The lowest BCUT2D eigenvalue weighted by atomic mass is 10.0. The molecule has 16 heavy (non-hydrogen) atoms. The fraction of sp³-hybridized carbons (Fsp3) is 0. The van der Waals surface area contributed by atoms with E-state index in [0.29, 0.717) is 11.1 Å². The summed E-state index contributed by atoms with van der Waals surface area (Å²) in [5.74, 6) is 5.29. The Morgan fingerprint density at radius 2 is 1.62 bits per heavy atom. The molecule has 2 aromatic rings. The van der Waals surface area contributed by atoms with Crippen LogP contribution in [0.15, 0.2) is 54.6 Å². The van der Waals surface area contributed by atoms with Gasteiger partial charge in [-0.15, -0.1) is 0 Å². The maximum atomic E-state index is 12.0. The Morgan fingerprint density at radius 1 is 0.938 bits per heavy atom. The molecule has 2 aromatic carbocycles. The molecule has 0 unspecified atom stereocenters. The van der Waals surface area contributed by atoms with Gasteiger partial charge in [-0.1, -0.05) is 42.5 Å². The molecule has 0 heterocycles. The lowest BCUT2D eigenvalue weighted by molar-refractivity contribution is 0.103. The fourth-order valence-electron chi connectivity index (χ4n) is 1.51. The van der Waals surface area contributed by atoms with Crippen LogP contribution >= 0.6 is 0 Å². The summed E-state index contributed by atoms with van der Waals surface area (Å²) in [5, 5.41) is 0. The molecular weight excluding hydrogens is 200 g/mol. The molecule has 3 heteroatoms. The Labute approximate surface area is 93.9 Å². The molecule has 0 aromatic heterocycles. The number of hydrogen-bond acceptors (Lipinski definition) is 3. The lowest BCUT2D eigenvalue weighted by Crippen LogP contribution is -2.08. The van der Waals surface area contributed by atoms with Gasteiger partial charge in [0.25, 0.3) is 0 Å². The zero-order valence-electron chi connectivity index (χ0n) is 8.68. The number of benzene rings is 2. The third-order valence-electron chi connectivity index (χ3n) is 2.33. The Bertz CT molecular complexity index is 494. The van der Waals surface area contributed by atoms with Crippen molar-refractivity contribution >= 4 is 11.5 Å². The Morgan fingerprint density at radius 3 is 2.31 bits per heavy atom. The summed E-state index contributed by atoms with van der Waals surface area (Å²) in [6, 6.07) is 16.3. The second-order valence-electron chi connectivity index (χ2n) is 3.42. The number of hydrogen-bond donors (Lipinski definition) is 2. The number of nitrogen functional groups attached to an aromatic ring is 1. The topological polar surface area (TPSA) is 55.1 Å². The zero-order valence-corrected chi connectivity index (χ0v) is 8.68. The van der Waals surface area contributed by atoms with E-state index in [1.807, 2.05) is 24.3 Å². The van der Waals surface area contributed by atoms with E-state index in [-0.39, 0.29) is 5.78 Å². The first kappa shape index (κ1) is 10.4. The zero-order chi connectivity index (χ0) is 11.4. The molecule has 0 aliphatic carbocycles. The minimum atomic E-state index is -0.00213. The average molecular weight is 212 g/mol. The predicted molar refractivity (Wildman–Crippen MR) is 64.1 cm³/mol. The molecule has 0 radical (unpaired) electrons. The molecule has 0 aliphatic heterocycles. The van der Waals surface area contributed by atoms with Crippen LogP contribution < -0.4 is 11.3 Å². The first-order chi connectivity index (χ1) is 7.81. The Balaban J connectivity index is 2.34. The van der Waals surface area contributed by atoms with Crippen molar-refractivity contribution in [2.45, 2.75) is 0 Å². The number of anilines is 1. The van der Waals surface area contributed by atoms with Gasteiger partial charge in [-0.05, 0) is 12.1 Å². The molecular formula is C13H12N2O. The summed E-state index contributed by atoms with van der Waals surface area (Å²) < 4.78 is 0. The molecule has 0 atom stereocenters. The van der Waals surface area contributed by atoms with Crippen LogP contribution in [0.1, 0.15) is 15.9 Å². The van der Waals surface area contributed by atoms with E-state index in [0.717, 1.165) is 5.69 Å². The van der Waals surface area contributed by atoms with Crippen molar-refractivity contribution < 1.29 is 4.79 Å². The maximum absolute atomic E-state index is 12.0. The fourth-order valence-corrected chi connectivity index (χ4v) is 1.51. The number of hydrazine groups is 1. The normalized spacial score (nSPS) is 9.81.